The molecule has 26 heavy (non-hydrogen) atoms. The monoisotopic (exact) mass is 366 g/mol. The molecule has 1 aliphatic rings. The largest absolute Gasteiger partial charge is 0.278 e. The van der Waals surface area contributed by atoms with Crippen molar-refractivity contribution in [2.24, 2.45) is 5.10 Å². The lowest BCUT2D eigenvalue weighted by Gasteiger charge is -2.36. The van der Waals surface area contributed by atoms with E-state index in [0.717, 1.165) is 11.4 Å². The minimum absolute atomic E-state index is 0.246. The summed E-state index contributed by atoms with van der Waals surface area (Å²) in [7, 11) is 0. The van der Waals surface area contributed by atoms with Crippen LogP contribution in [0.4, 0.5) is 15.8 Å². The fourth-order valence-electron chi connectivity index (χ4n) is 2.80. The predicted octanol–water partition coefficient (Wildman–Crippen LogP) is 4.63. The van der Waals surface area contributed by atoms with E-state index in [1.54, 1.807) is 12.1 Å². The Morgan fingerprint density at radius 3 is 2.15 bits per heavy atom. The molecule has 6 heteroatoms. The van der Waals surface area contributed by atoms with Crippen LogP contribution in [0.15, 0.2) is 84.0 Å². The molecular weight excluding hydrogens is 351 g/mol. The Balaban J connectivity index is 1.79. The molecule has 0 radical (unpaired) electrons. The van der Waals surface area contributed by atoms with E-state index in [1.165, 1.54) is 6.07 Å². The number of para-hydroxylation sites is 2. The van der Waals surface area contributed by atoms with Gasteiger partial charge >= 0.3 is 0 Å². The van der Waals surface area contributed by atoms with Crippen molar-refractivity contribution in [2.45, 2.75) is 0 Å². The van der Waals surface area contributed by atoms with Gasteiger partial charge in [0.05, 0.1) is 22.0 Å². The Morgan fingerprint density at radius 1 is 0.846 bits per heavy atom. The van der Waals surface area contributed by atoms with Gasteiger partial charge in [-0.2, -0.15) is 5.10 Å². The number of hydrazine groups is 1. The zero-order chi connectivity index (χ0) is 17.9. The van der Waals surface area contributed by atoms with E-state index in [2.05, 4.69) is 10.5 Å². The molecule has 0 fully saturated rings. The molecule has 3 aromatic carbocycles. The van der Waals surface area contributed by atoms with Gasteiger partial charge in [-0.1, -0.05) is 54.1 Å². The Hall–Kier alpha value is -3.05. The van der Waals surface area contributed by atoms with Gasteiger partial charge in [0.25, 0.3) is 0 Å². The summed E-state index contributed by atoms with van der Waals surface area (Å²) in [5.74, 6) is -0.0706. The quantitative estimate of drug-likeness (QED) is 0.733. The van der Waals surface area contributed by atoms with Gasteiger partial charge in [0.2, 0.25) is 0 Å². The zero-order valence-corrected chi connectivity index (χ0v) is 14.6. The molecule has 4 nitrogen and oxygen atoms in total. The highest BCUT2D eigenvalue weighted by Crippen LogP contribution is 2.25. The molecule has 0 unspecified atom stereocenters. The Labute approximate surface area is 156 Å². The van der Waals surface area contributed by atoms with Crippen molar-refractivity contribution in [3.05, 3.63) is 95.3 Å². The Kier molecular flexibility index (Phi) is 4.46. The molecular formula is C20H16ClFN4. The topological polar surface area (TPSA) is 30.9 Å². The molecule has 4 rings (SSSR count). The van der Waals surface area contributed by atoms with Gasteiger partial charge in [0, 0.05) is 0 Å². The van der Waals surface area contributed by atoms with E-state index in [9.17, 15) is 4.39 Å². The van der Waals surface area contributed by atoms with Gasteiger partial charge in [0.15, 0.2) is 5.84 Å². The molecule has 0 aromatic heterocycles. The van der Waals surface area contributed by atoms with Crippen LogP contribution in [0.3, 0.4) is 0 Å². The molecule has 130 valence electrons. The minimum atomic E-state index is -0.424. The lowest BCUT2D eigenvalue weighted by Crippen LogP contribution is -2.53. The highest BCUT2D eigenvalue weighted by Gasteiger charge is 2.24. The minimum Gasteiger partial charge on any atom is -0.278 e. The molecule has 0 aliphatic carbocycles. The van der Waals surface area contributed by atoms with Crippen LogP contribution in [0.25, 0.3) is 0 Å². The second kappa shape index (κ2) is 7.06. The van der Waals surface area contributed by atoms with Crippen LogP contribution in [0.1, 0.15) is 5.56 Å². The first-order valence-corrected chi connectivity index (χ1v) is 8.55. The number of rotatable bonds is 3. The van der Waals surface area contributed by atoms with Gasteiger partial charge in [-0.15, -0.1) is 0 Å². The van der Waals surface area contributed by atoms with Gasteiger partial charge in [-0.25, -0.2) is 9.40 Å². The number of amidine groups is 1. The van der Waals surface area contributed by atoms with E-state index in [-0.39, 0.29) is 5.56 Å². The maximum atomic E-state index is 14.5. The van der Waals surface area contributed by atoms with Crippen molar-refractivity contribution < 1.29 is 4.39 Å². The molecule has 0 spiro atoms. The summed E-state index contributed by atoms with van der Waals surface area (Å²) in [5.41, 5.74) is 5.27. The summed E-state index contributed by atoms with van der Waals surface area (Å²) in [5, 5.41) is 8.61. The first kappa shape index (κ1) is 16.4. The van der Waals surface area contributed by atoms with Crippen LogP contribution in [0, 0.1) is 5.82 Å². The third kappa shape index (κ3) is 3.21. The van der Waals surface area contributed by atoms with Gasteiger partial charge < -0.3 is 0 Å². The maximum Gasteiger partial charge on any atom is 0.177 e. The van der Waals surface area contributed by atoms with Crippen molar-refractivity contribution >= 4 is 28.8 Å². The number of benzene rings is 3. The smallest absolute Gasteiger partial charge is 0.177 e. The predicted molar refractivity (Wildman–Crippen MR) is 104 cm³/mol. The molecule has 0 amide bonds. The average Bonchev–Trinajstić information content (AvgIpc) is 2.69. The number of nitrogens with one attached hydrogen (secondary N) is 1. The number of nitrogens with zero attached hydrogens (tertiary/aromatic N) is 3. The number of halogens is 2. The Morgan fingerprint density at radius 2 is 1.50 bits per heavy atom. The summed E-state index contributed by atoms with van der Waals surface area (Å²) in [6.07, 6.45) is 0. The summed E-state index contributed by atoms with van der Waals surface area (Å²) in [6, 6.07) is 24.1. The number of hydrogen-bond donors (Lipinski definition) is 1. The van der Waals surface area contributed by atoms with Crippen molar-refractivity contribution in [2.75, 3.05) is 16.7 Å². The summed E-state index contributed by atoms with van der Waals surface area (Å²) in [6.45, 7) is 0.462. The highest BCUT2D eigenvalue weighted by molar-refractivity contribution is 6.34. The molecule has 1 heterocycles. The highest BCUT2D eigenvalue weighted by atomic mass is 35.5. The normalized spacial score (nSPS) is 14.0. The first-order chi connectivity index (χ1) is 12.7. The summed E-state index contributed by atoms with van der Waals surface area (Å²) < 4.78 is 14.5. The molecule has 1 aliphatic heterocycles. The van der Waals surface area contributed by atoms with E-state index in [1.807, 2.05) is 70.7 Å². The van der Waals surface area contributed by atoms with Crippen LogP contribution in [-0.4, -0.2) is 12.5 Å². The van der Waals surface area contributed by atoms with Crippen LogP contribution in [0.2, 0.25) is 5.02 Å². The lowest BCUT2D eigenvalue weighted by molar-refractivity contribution is 0.618. The third-order valence-corrected chi connectivity index (χ3v) is 4.37. The maximum absolute atomic E-state index is 14.5. The third-order valence-electron chi connectivity index (χ3n) is 4.06. The van der Waals surface area contributed by atoms with Gasteiger partial charge in [0.1, 0.15) is 12.5 Å². The van der Waals surface area contributed by atoms with Crippen LogP contribution < -0.4 is 15.4 Å². The van der Waals surface area contributed by atoms with E-state index < -0.39 is 5.82 Å². The van der Waals surface area contributed by atoms with Crippen LogP contribution >= 0.6 is 11.6 Å². The first-order valence-electron chi connectivity index (χ1n) is 8.17. The summed E-state index contributed by atoms with van der Waals surface area (Å²) in [4.78, 5) is 0. The van der Waals surface area contributed by atoms with Crippen molar-refractivity contribution in [1.82, 2.24) is 5.43 Å². The van der Waals surface area contributed by atoms with Crippen molar-refractivity contribution in [3.8, 4) is 0 Å². The van der Waals surface area contributed by atoms with E-state index in [0.29, 0.717) is 17.5 Å². The molecule has 0 atom stereocenters. The fourth-order valence-corrected chi connectivity index (χ4v) is 3.05. The van der Waals surface area contributed by atoms with Crippen molar-refractivity contribution in [3.63, 3.8) is 0 Å². The second-order valence-electron chi connectivity index (χ2n) is 5.80. The number of anilines is 2. The van der Waals surface area contributed by atoms with Gasteiger partial charge in [-0.3, -0.25) is 10.4 Å². The standard InChI is InChI=1S/C20H16ClFN4/c21-17-12-7-13-18(22)19(17)20-23-25(15-8-3-1-4-9-15)14-26(24-20)16-10-5-2-6-11-16/h1-13H,14H2,(H,23,24). The molecule has 3 aromatic rings. The SMILES string of the molecule is Fc1cccc(Cl)c1C1=NN(c2ccccc2)CN(c2ccccc2)N1. The van der Waals surface area contributed by atoms with Crippen molar-refractivity contribution in [1.29, 1.82) is 0 Å². The zero-order valence-electron chi connectivity index (χ0n) is 13.8. The molecule has 0 bridgehead atoms. The average molecular weight is 367 g/mol. The number of hydrazone groups is 1. The fraction of sp³-hybridized carbons (Fsp3) is 0.0500. The van der Waals surface area contributed by atoms with Crippen LogP contribution in [0.5, 0.6) is 0 Å². The summed E-state index contributed by atoms with van der Waals surface area (Å²) >= 11 is 6.25. The second-order valence-corrected chi connectivity index (χ2v) is 6.20. The lowest BCUT2D eigenvalue weighted by atomic mass is 10.2. The van der Waals surface area contributed by atoms with Crippen LogP contribution in [-0.2, 0) is 0 Å². The van der Waals surface area contributed by atoms with E-state index in [4.69, 9.17) is 11.6 Å². The Bertz CT molecular complexity index is 911. The molecule has 1 N–H and O–H groups in total. The molecule has 0 saturated heterocycles. The van der Waals surface area contributed by atoms with Gasteiger partial charge in [-0.05, 0) is 36.4 Å². The van der Waals surface area contributed by atoms with E-state index >= 15 is 0 Å². The number of hydrogen-bond acceptors (Lipinski definition) is 4. The molecule has 0 saturated carbocycles.